The first-order chi connectivity index (χ1) is 19.6. The van der Waals surface area contributed by atoms with Gasteiger partial charge in [0.2, 0.25) is 0 Å². The predicted molar refractivity (Wildman–Crippen MR) is 160 cm³/mol. The Morgan fingerprint density at radius 2 is 1.85 bits per heavy atom. The van der Waals surface area contributed by atoms with Crippen LogP contribution in [0.1, 0.15) is 30.7 Å². The van der Waals surface area contributed by atoms with Crippen LogP contribution >= 0.6 is 11.6 Å². The topological polar surface area (TPSA) is 74.6 Å². The molecular formula is C32H36ClN3O4. The molecule has 0 bridgehead atoms. The number of hydrogen-bond acceptors (Lipinski definition) is 5. The second-order valence-electron chi connectivity index (χ2n) is 9.40. The molecule has 7 nitrogen and oxygen atoms in total. The lowest BCUT2D eigenvalue weighted by molar-refractivity contribution is -0.123. The molecule has 0 atom stereocenters. The average molecular weight is 562 g/mol. The van der Waals surface area contributed by atoms with E-state index in [1.54, 1.807) is 31.4 Å². The summed E-state index contributed by atoms with van der Waals surface area (Å²) in [5.41, 5.74) is 3.25. The third kappa shape index (κ3) is 8.26. The van der Waals surface area contributed by atoms with Crippen molar-refractivity contribution in [2.75, 3.05) is 26.9 Å². The van der Waals surface area contributed by atoms with Crippen molar-refractivity contribution >= 4 is 28.5 Å². The number of fused-ring (bicyclic) bond motifs is 1. The number of nitrogens with zero attached hydrogens (tertiary/aromatic N) is 2. The van der Waals surface area contributed by atoms with Crippen molar-refractivity contribution in [3.63, 3.8) is 0 Å². The van der Waals surface area contributed by atoms with Gasteiger partial charge in [0.1, 0.15) is 11.6 Å². The lowest BCUT2D eigenvalue weighted by Gasteiger charge is -2.13. The van der Waals surface area contributed by atoms with Crippen LogP contribution in [0.4, 0.5) is 0 Å². The Labute approximate surface area is 240 Å². The van der Waals surface area contributed by atoms with Crippen LogP contribution in [0.25, 0.3) is 11.0 Å². The highest BCUT2D eigenvalue weighted by Crippen LogP contribution is 2.28. The van der Waals surface area contributed by atoms with Crippen LogP contribution in [0, 0.1) is 0 Å². The molecule has 40 heavy (non-hydrogen) atoms. The fourth-order valence-corrected chi connectivity index (χ4v) is 4.58. The van der Waals surface area contributed by atoms with E-state index in [0.717, 1.165) is 72.6 Å². The number of nitrogens with one attached hydrogen (secondary N) is 1. The van der Waals surface area contributed by atoms with Gasteiger partial charge in [-0.25, -0.2) is 4.98 Å². The average Bonchev–Trinajstić information content (AvgIpc) is 3.32. The van der Waals surface area contributed by atoms with Gasteiger partial charge >= 0.3 is 0 Å². The second-order valence-corrected chi connectivity index (χ2v) is 9.83. The Balaban J connectivity index is 1.24. The van der Waals surface area contributed by atoms with Crippen molar-refractivity contribution in [1.82, 2.24) is 14.9 Å². The monoisotopic (exact) mass is 561 g/mol. The number of para-hydroxylation sites is 2. The Morgan fingerprint density at radius 1 is 1.02 bits per heavy atom. The molecule has 1 N–H and O–H groups in total. The van der Waals surface area contributed by atoms with Crippen molar-refractivity contribution in [3.8, 4) is 17.2 Å². The number of ether oxygens (including phenoxy) is 3. The number of halogens is 1. The fraction of sp³-hybridized carbons (Fsp3) is 0.312. The summed E-state index contributed by atoms with van der Waals surface area (Å²) in [5.74, 6) is 2.97. The normalized spacial score (nSPS) is 10.8. The summed E-state index contributed by atoms with van der Waals surface area (Å²) >= 11 is 5.88. The molecule has 4 rings (SSSR count). The minimum Gasteiger partial charge on any atom is -0.493 e. The molecule has 0 aliphatic heterocycles. The van der Waals surface area contributed by atoms with Crippen molar-refractivity contribution in [3.05, 3.63) is 95.8 Å². The Hall–Kier alpha value is -3.97. The molecular weight excluding hydrogens is 526 g/mol. The van der Waals surface area contributed by atoms with Crippen molar-refractivity contribution in [1.29, 1.82) is 0 Å². The van der Waals surface area contributed by atoms with E-state index >= 15 is 0 Å². The van der Waals surface area contributed by atoms with Crippen LogP contribution in [0.3, 0.4) is 0 Å². The van der Waals surface area contributed by atoms with Gasteiger partial charge < -0.3 is 24.1 Å². The maximum Gasteiger partial charge on any atom is 0.257 e. The quantitative estimate of drug-likeness (QED) is 0.126. The number of unbranched alkanes of at least 4 members (excludes halogenated alkanes) is 1. The first kappa shape index (κ1) is 29.0. The number of allylic oxidation sites excluding steroid dienone is 1. The fourth-order valence-electron chi connectivity index (χ4n) is 4.45. The SMILES string of the molecule is C=CCc1ccc(OCCCCn2c(CCCNC(=O)COc3ccc(Cl)cc3)nc3ccccc32)c(OC)c1. The lowest BCUT2D eigenvalue weighted by atomic mass is 10.1. The van der Waals surface area contributed by atoms with Crippen LogP contribution in [0.5, 0.6) is 17.2 Å². The number of methoxy groups -OCH3 is 1. The smallest absolute Gasteiger partial charge is 0.257 e. The van der Waals surface area contributed by atoms with Crippen molar-refractivity contribution in [2.24, 2.45) is 0 Å². The van der Waals surface area contributed by atoms with Gasteiger partial charge in [0.05, 0.1) is 24.8 Å². The molecule has 8 heteroatoms. The van der Waals surface area contributed by atoms with Gasteiger partial charge in [-0.2, -0.15) is 0 Å². The van der Waals surface area contributed by atoms with E-state index in [0.29, 0.717) is 23.9 Å². The maximum absolute atomic E-state index is 12.2. The van der Waals surface area contributed by atoms with Gasteiger partial charge in [-0.3, -0.25) is 4.79 Å². The zero-order valence-corrected chi connectivity index (χ0v) is 23.7. The van der Waals surface area contributed by atoms with Crippen LogP contribution in [-0.2, 0) is 24.2 Å². The van der Waals surface area contributed by atoms with Crippen LogP contribution in [0.15, 0.2) is 79.4 Å². The van der Waals surface area contributed by atoms with Crippen molar-refractivity contribution < 1.29 is 19.0 Å². The number of rotatable bonds is 16. The highest BCUT2D eigenvalue weighted by molar-refractivity contribution is 6.30. The van der Waals surface area contributed by atoms with Crippen LogP contribution < -0.4 is 19.5 Å². The zero-order valence-electron chi connectivity index (χ0n) is 22.9. The lowest BCUT2D eigenvalue weighted by Crippen LogP contribution is -2.30. The molecule has 0 aliphatic carbocycles. The molecule has 0 fully saturated rings. The molecule has 1 aromatic heterocycles. The first-order valence-corrected chi connectivity index (χ1v) is 13.9. The number of carbonyl (C=O) groups is 1. The summed E-state index contributed by atoms with van der Waals surface area (Å²) in [6.45, 7) is 5.75. The van der Waals surface area contributed by atoms with Crippen LogP contribution in [-0.4, -0.2) is 42.3 Å². The molecule has 1 amide bonds. The highest BCUT2D eigenvalue weighted by atomic mass is 35.5. The number of aryl methyl sites for hydroxylation is 2. The van der Waals surface area contributed by atoms with E-state index in [1.165, 1.54) is 0 Å². The second kappa shape index (κ2) is 15.0. The van der Waals surface area contributed by atoms with Crippen LogP contribution in [0.2, 0.25) is 5.02 Å². The van der Waals surface area contributed by atoms with E-state index in [4.69, 9.17) is 30.8 Å². The van der Waals surface area contributed by atoms with Gasteiger partial charge in [0.25, 0.3) is 5.91 Å². The summed E-state index contributed by atoms with van der Waals surface area (Å²) in [4.78, 5) is 17.1. The number of carbonyl (C=O) groups excluding carboxylic acids is 1. The molecule has 1 heterocycles. The molecule has 4 aromatic rings. The van der Waals surface area contributed by atoms with Gasteiger partial charge in [0, 0.05) is 24.5 Å². The highest BCUT2D eigenvalue weighted by Gasteiger charge is 2.11. The summed E-state index contributed by atoms with van der Waals surface area (Å²) < 4.78 is 19.3. The minimum absolute atomic E-state index is 0.0347. The molecule has 0 saturated heterocycles. The Kier molecular flexibility index (Phi) is 10.9. The zero-order chi connectivity index (χ0) is 28.2. The number of hydrogen-bond donors (Lipinski definition) is 1. The maximum atomic E-state index is 12.2. The standard InChI is InChI=1S/C32H36ClN3O4/c1-3-9-24-13-18-29(30(22-24)38-2)39-21-7-6-20-36-28-11-5-4-10-27(28)35-31(36)12-8-19-34-32(37)23-40-26-16-14-25(33)15-17-26/h3-5,10-11,13-18,22H,1,6-9,12,19-21,23H2,2H3,(H,34,37). The summed E-state index contributed by atoms with van der Waals surface area (Å²) in [7, 11) is 1.66. The van der Waals surface area contributed by atoms with E-state index in [2.05, 4.69) is 22.5 Å². The van der Waals surface area contributed by atoms with E-state index in [-0.39, 0.29) is 12.5 Å². The minimum atomic E-state index is -0.157. The van der Waals surface area contributed by atoms with E-state index in [9.17, 15) is 4.79 Å². The van der Waals surface area contributed by atoms with E-state index in [1.807, 2.05) is 42.5 Å². The molecule has 0 saturated carbocycles. The molecule has 3 aromatic carbocycles. The third-order valence-electron chi connectivity index (χ3n) is 6.46. The molecule has 0 aliphatic rings. The Bertz CT molecular complexity index is 1400. The van der Waals surface area contributed by atoms with Gasteiger partial charge in [-0.05, 0) is 79.8 Å². The third-order valence-corrected chi connectivity index (χ3v) is 6.71. The molecule has 0 spiro atoms. The molecule has 210 valence electrons. The van der Waals surface area contributed by atoms with Crippen molar-refractivity contribution in [2.45, 2.75) is 38.6 Å². The first-order valence-electron chi connectivity index (χ1n) is 13.6. The number of imidazole rings is 1. The molecule has 0 unspecified atom stereocenters. The van der Waals surface area contributed by atoms with Gasteiger partial charge in [-0.15, -0.1) is 6.58 Å². The summed E-state index contributed by atoms with van der Waals surface area (Å²) in [6.07, 6.45) is 6.05. The number of aromatic nitrogens is 2. The van der Waals surface area contributed by atoms with E-state index < -0.39 is 0 Å². The number of benzene rings is 3. The molecule has 0 radical (unpaired) electrons. The van der Waals surface area contributed by atoms with Gasteiger partial charge in [0.15, 0.2) is 18.1 Å². The summed E-state index contributed by atoms with van der Waals surface area (Å²) in [5, 5.41) is 3.55. The van der Waals surface area contributed by atoms with Gasteiger partial charge in [-0.1, -0.05) is 35.9 Å². The Morgan fingerprint density at radius 3 is 2.65 bits per heavy atom. The largest absolute Gasteiger partial charge is 0.493 e. The number of amides is 1. The predicted octanol–water partition coefficient (Wildman–Crippen LogP) is 6.41. The summed E-state index contributed by atoms with van der Waals surface area (Å²) in [6, 6.07) is 21.1.